The molecule has 0 aliphatic rings. The van der Waals surface area contributed by atoms with Crippen LogP contribution in [0.5, 0.6) is 5.75 Å². The quantitative estimate of drug-likeness (QED) is 0.711. The minimum absolute atomic E-state index is 0.121. The second-order valence-electron chi connectivity index (χ2n) is 5.31. The van der Waals surface area contributed by atoms with Crippen LogP contribution in [0.25, 0.3) is 0 Å². The number of amides is 1. The van der Waals surface area contributed by atoms with Crippen LogP contribution >= 0.6 is 0 Å². The second kappa shape index (κ2) is 9.07. The summed E-state index contributed by atoms with van der Waals surface area (Å²) in [6.07, 6.45) is 2.76. The van der Waals surface area contributed by atoms with Gasteiger partial charge in [0.1, 0.15) is 12.3 Å². The van der Waals surface area contributed by atoms with E-state index < -0.39 is 5.97 Å². The fourth-order valence-electron chi connectivity index (χ4n) is 1.99. The first-order valence-electron chi connectivity index (χ1n) is 7.75. The summed E-state index contributed by atoms with van der Waals surface area (Å²) in [5, 5.41) is 8.97. The van der Waals surface area contributed by atoms with Crippen molar-refractivity contribution in [1.29, 1.82) is 0 Å². The zero-order valence-corrected chi connectivity index (χ0v) is 13.5. The summed E-state index contributed by atoms with van der Waals surface area (Å²) in [5.41, 5.74) is 0.476. The van der Waals surface area contributed by atoms with Crippen LogP contribution in [0.15, 0.2) is 24.3 Å². The molecule has 1 aromatic carbocycles. The zero-order chi connectivity index (χ0) is 16.5. The number of nitrogens with zero attached hydrogens (tertiary/aromatic N) is 1. The third-order valence-electron chi connectivity index (χ3n) is 3.56. The normalized spacial score (nSPS) is 11.8. The third kappa shape index (κ3) is 5.39. The van der Waals surface area contributed by atoms with Gasteiger partial charge in [-0.15, -0.1) is 0 Å². The molecule has 0 aromatic heterocycles. The highest BCUT2D eigenvalue weighted by molar-refractivity contribution is 5.96. The summed E-state index contributed by atoms with van der Waals surface area (Å²) in [6.45, 7) is 6.24. The zero-order valence-electron chi connectivity index (χ0n) is 13.5. The first-order chi connectivity index (χ1) is 10.5. The number of hydrogen-bond acceptors (Lipinski definition) is 3. The molecule has 1 amide bonds. The van der Waals surface area contributed by atoms with Crippen LogP contribution < -0.4 is 4.74 Å². The second-order valence-corrected chi connectivity index (χ2v) is 5.31. The number of benzene rings is 1. The Kier molecular flexibility index (Phi) is 7.43. The number of ether oxygens (including phenoxy) is 1. The monoisotopic (exact) mass is 307 g/mol. The SMILES string of the molecule is CCCCOc1ccc(C(=O)N(CC(=O)O)C(C)CC)cc1. The van der Waals surface area contributed by atoms with Crippen molar-refractivity contribution in [3.8, 4) is 5.75 Å². The molecule has 1 N–H and O–H groups in total. The van der Waals surface area contributed by atoms with E-state index in [1.807, 2.05) is 13.8 Å². The topological polar surface area (TPSA) is 66.8 Å². The molecule has 0 fully saturated rings. The van der Waals surface area contributed by atoms with Crippen LogP contribution in [0.4, 0.5) is 0 Å². The maximum absolute atomic E-state index is 12.5. The van der Waals surface area contributed by atoms with E-state index in [2.05, 4.69) is 6.92 Å². The van der Waals surface area contributed by atoms with Crippen molar-refractivity contribution in [2.75, 3.05) is 13.2 Å². The van der Waals surface area contributed by atoms with Gasteiger partial charge in [0.05, 0.1) is 6.61 Å². The average Bonchev–Trinajstić information content (AvgIpc) is 2.52. The van der Waals surface area contributed by atoms with Crippen LogP contribution in [-0.2, 0) is 4.79 Å². The molecular formula is C17H25NO4. The highest BCUT2D eigenvalue weighted by atomic mass is 16.5. The van der Waals surface area contributed by atoms with Crippen LogP contribution in [0.3, 0.4) is 0 Å². The molecule has 0 radical (unpaired) electrons. The van der Waals surface area contributed by atoms with Gasteiger partial charge >= 0.3 is 5.97 Å². The van der Waals surface area contributed by atoms with Gasteiger partial charge in [0.15, 0.2) is 0 Å². The van der Waals surface area contributed by atoms with Gasteiger partial charge in [0, 0.05) is 11.6 Å². The fraction of sp³-hybridized carbons (Fsp3) is 0.529. The number of rotatable bonds is 9. The molecule has 1 aromatic rings. The smallest absolute Gasteiger partial charge is 0.323 e. The van der Waals surface area contributed by atoms with Crippen molar-refractivity contribution in [2.24, 2.45) is 0 Å². The lowest BCUT2D eigenvalue weighted by Crippen LogP contribution is -2.41. The van der Waals surface area contributed by atoms with Crippen molar-refractivity contribution in [3.05, 3.63) is 29.8 Å². The Morgan fingerprint density at radius 3 is 2.36 bits per heavy atom. The molecule has 1 rings (SSSR count). The van der Waals surface area contributed by atoms with Crippen molar-refractivity contribution < 1.29 is 19.4 Å². The highest BCUT2D eigenvalue weighted by Crippen LogP contribution is 2.16. The van der Waals surface area contributed by atoms with Crippen LogP contribution in [0.1, 0.15) is 50.4 Å². The van der Waals surface area contributed by atoms with Crippen molar-refractivity contribution in [3.63, 3.8) is 0 Å². The highest BCUT2D eigenvalue weighted by Gasteiger charge is 2.22. The van der Waals surface area contributed by atoms with E-state index in [1.165, 1.54) is 4.90 Å². The lowest BCUT2D eigenvalue weighted by molar-refractivity contribution is -0.138. The molecular weight excluding hydrogens is 282 g/mol. The summed E-state index contributed by atoms with van der Waals surface area (Å²) in [5.74, 6) is -0.552. The molecule has 5 nitrogen and oxygen atoms in total. The molecule has 1 unspecified atom stereocenters. The Morgan fingerprint density at radius 1 is 1.23 bits per heavy atom. The van der Waals surface area contributed by atoms with Gasteiger partial charge < -0.3 is 14.7 Å². The number of unbranched alkanes of at least 4 members (excludes halogenated alkanes) is 1. The summed E-state index contributed by atoms with van der Waals surface area (Å²) >= 11 is 0. The Labute approximate surface area is 131 Å². The molecule has 0 saturated carbocycles. The Hall–Kier alpha value is -2.04. The van der Waals surface area contributed by atoms with Gasteiger partial charge in [-0.3, -0.25) is 9.59 Å². The number of carbonyl (C=O) groups excluding carboxylic acids is 1. The van der Waals surface area contributed by atoms with E-state index >= 15 is 0 Å². The number of carboxylic acid groups (broad SMARTS) is 1. The minimum atomic E-state index is -1.01. The number of carbonyl (C=O) groups is 2. The maximum atomic E-state index is 12.5. The van der Waals surface area contributed by atoms with Gasteiger partial charge in [-0.05, 0) is 44.0 Å². The Balaban J connectivity index is 2.78. The molecule has 5 heteroatoms. The predicted octanol–water partition coefficient (Wildman–Crippen LogP) is 3.19. The van der Waals surface area contributed by atoms with Crippen molar-refractivity contribution in [1.82, 2.24) is 4.90 Å². The molecule has 0 saturated heterocycles. The summed E-state index contributed by atoms with van der Waals surface area (Å²) in [7, 11) is 0. The molecule has 0 heterocycles. The molecule has 1 atom stereocenters. The average molecular weight is 307 g/mol. The van der Waals surface area contributed by atoms with Gasteiger partial charge in [-0.1, -0.05) is 20.3 Å². The number of hydrogen-bond donors (Lipinski definition) is 1. The van der Waals surface area contributed by atoms with Gasteiger partial charge in [-0.2, -0.15) is 0 Å². The fourth-order valence-corrected chi connectivity index (χ4v) is 1.99. The van der Waals surface area contributed by atoms with E-state index in [0.717, 1.165) is 18.6 Å². The first kappa shape index (κ1) is 18.0. The summed E-state index contributed by atoms with van der Waals surface area (Å²) in [6, 6.07) is 6.74. The largest absolute Gasteiger partial charge is 0.494 e. The third-order valence-corrected chi connectivity index (χ3v) is 3.56. The van der Waals surface area contributed by atoms with Gasteiger partial charge in [0.25, 0.3) is 5.91 Å². The lowest BCUT2D eigenvalue weighted by atomic mass is 10.1. The van der Waals surface area contributed by atoms with Crippen molar-refractivity contribution in [2.45, 2.75) is 46.1 Å². The van der Waals surface area contributed by atoms with Gasteiger partial charge in [-0.25, -0.2) is 0 Å². The maximum Gasteiger partial charge on any atom is 0.323 e. The number of carboxylic acids is 1. The minimum Gasteiger partial charge on any atom is -0.494 e. The van der Waals surface area contributed by atoms with Crippen molar-refractivity contribution >= 4 is 11.9 Å². The molecule has 0 aliphatic heterocycles. The first-order valence-corrected chi connectivity index (χ1v) is 7.75. The molecule has 0 aliphatic carbocycles. The van der Waals surface area contributed by atoms with E-state index in [-0.39, 0.29) is 18.5 Å². The molecule has 0 spiro atoms. The Morgan fingerprint density at radius 2 is 1.86 bits per heavy atom. The molecule has 122 valence electrons. The standard InChI is InChI=1S/C17H25NO4/c1-4-6-11-22-15-9-7-14(8-10-15)17(21)18(12-16(19)20)13(3)5-2/h7-10,13H,4-6,11-12H2,1-3H3,(H,19,20). The molecule has 0 bridgehead atoms. The van der Waals surface area contributed by atoms with E-state index in [4.69, 9.17) is 9.84 Å². The predicted molar refractivity (Wildman–Crippen MR) is 85.3 cm³/mol. The van der Waals surface area contributed by atoms with Crippen LogP contribution in [-0.4, -0.2) is 41.1 Å². The molecule has 22 heavy (non-hydrogen) atoms. The van der Waals surface area contributed by atoms with Crippen LogP contribution in [0, 0.1) is 0 Å². The lowest BCUT2D eigenvalue weighted by Gasteiger charge is -2.27. The van der Waals surface area contributed by atoms with Gasteiger partial charge in [0.2, 0.25) is 0 Å². The van der Waals surface area contributed by atoms with Crippen LogP contribution in [0.2, 0.25) is 0 Å². The summed E-state index contributed by atoms with van der Waals surface area (Å²) < 4.78 is 5.56. The Bertz CT molecular complexity index is 484. The summed E-state index contributed by atoms with van der Waals surface area (Å²) in [4.78, 5) is 24.8. The van der Waals surface area contributed by atoms with E-state index in [9.17, 15) is 9.59 Å². The van der Waals surface area contributed by atoms with E-state index in [0.29, 0.717) is 18.6 Å². The van der Waals surface area contributed by atoms with E-state index in [1.54, 1.807) is 24.3 Å². The number of aliphatic carboxylic acids is 1.